The SMILES string of the molecule is c1ccc(-c2nc(-n3c4c(-c5cccc6oc7ccccc7c56)cccc4c4ccc5ccccc5c43)nc3c2sc2ccccc23)cc1. The van der Waals surface area contributed by atoms with E-state index in [9.17, 15) is 0 Å². The lowest BCUT2D eigenvalue weighted by molar-refractivity contribution is 0.669. The van der Waals surface area contributed by atoms with E-state index in [1.165, 1.54) is 15.5 Å². The third-order valence-corrected chi connectivity index (χ3v) is 11.0. The number of thiophene rings is 1. The van der Waals surface area contributed by atoms with Crippen LogP contribution >= 0.6 is 11.3 Å². The van der Waals surface area contributed by atoms with Gasteiger partial charge in [0, 0.05) is 48.1 Å². The normalized spacial score (nSPS) is 12.1. The molecular weight excluding hydrogens is 619 g/mol. The van der Waals surface area contributed by atoms with Crippen LogP contribution in [0.15, 0.2) is 156 Å². The molecule has 0 aliphatic rings. The molecule has 0 N–H and O–H groups in total. The molecule has 49 heavy (non-hydrogen) atoms. The maximum atomic E-state index is 6.37. The van der Waals surface area contributed by atoms with E-state index < -0.39 is 0 Å². The van der Waals surface area contributed by atoms with Crippen molar-refractivity contribution in [2.45, 2.75) is 0 Å². The molecule has 0 fully saturated rings. The summed E-state index contributed by atoms with van der Waals surface area (Å²) in [4.78, 5) is 11.0. The summed E-state index contributed by atoms with van der Waals surface area (Å²) in [5.74, 6) is 0.655. The molecule has 7 aromatic carbocycles. The molecule has 0 spiro atoms. The van der Waals surface area contributed by atoms with Crippen LogP contribution in [0.3, 0.4) is 0 Å². The van der Waals surface area contributed by atoms with Crippen molar-refractivity contribution in [3.05, 3.63) is 152 Å². The molecule has 5 heteroatoms. The first kappa shape index (κ1) is 26.7. The van der Waals surface area contributed by atoms with Crippen LogP contribution in [0.4, 0.5) is 0 Å². The summed E-state index contributed by atoms with van der Waals surface area (Å²) in [5.41, 5.74) is 9.14. The van der Waals surface area contributed by atoms with Crippen LogP contribution in [0.1, 0.15) is 0 Å². The highest BCUT2D eigenvalue weighted by Gasteiger charge is 2.24. The summed E-state index contributed by atoms with van der Waals surface area (Å²) in [5, 5.41) is 8.01. The molecule has 228 valence electrons. The highest BCUT2D eigenvalue weighted by Crippen LogP contribution is 2.45. The van der Waals surface area contributed by atoms with Crippen molar-refractivity contribution in [2.24, 2.45) is 0 Å². The molecule has 0 atom stereocenters. The van der Waals surface area contributed by atoms with E-state index in [0.29, 0.717) is 5.95 Å². The average molecular weight is 644 g/mol. The molecule has 0 aliphatic heterocycles. The van der Waals surface area contributed by atoms with E-state index in [2.05, 4.69) is 144 Å². The summed E-state index contributed by atoms with van der Waals surface area (Å²) in [6.07, 6.45) is 0. The molecule has 0 radical (unpaired) electrons. The molecule has 0 aliphatic carbocycles. The van der Waals surface area contributed by atoms with Gasteiger partial charge < -0.3 is 4.42 Å². The van der Waals surface area contributed by atoms with Crippen LogP contribution in [0.5, 0.6) is 0 Å². The molecule has 0 amide bonds. The lowest BCUT2D eigenvalue weighted by Crippen LogP contribution is -2.04. The number of hydrogen-bond acceptors (Lipinski definition) is 4. The first-order valence-corrected chi connectivity index (χ1v) is 17.2. The van der Waals surface area contributed by atoms with Gasteiger partial charge in [0.15, 0.2) is 0 Å². The molecule has 11 aromatic rings. The van der Waals surface area contributed by atoms with Crippen molar-refractivity contribution < 1.29 is 4.42 Å². The zero-order chi connectivity index (χ0) is 32.1. The number of nitrogens with zero attached hydrogens (tertiary/aromatic N) is 3. The van der Waals surface area contributed by atoms with Crippen LogP contribution in [0, 0.1) is 0 Å². The van der Waals surface area contributed by atoms with E-state index in [1.54, 1.807) is 11.3 Å². The van der Waals surface area contributed by atoms with Crippen molar-refractivity contribution in [1.82, 2.24) is 14.5 Å². The third-order valence-electron chi connectivity index (χ3n) is 9.82. The Balaban J connectivity index is 1.35. The Kier molecular flexibility index (Phi) is 5.51. The number of fused-ring (bicyclic) bond motifs is 11. The number of furan rings is 1. The standard InChI is InChI=1S/C44H25N3OS/c1-2-13-27(14-3-1)39-43-40(34-17-7-9-23-37(34)49-43)46-44(45-39)47-41-28-15-5-4-12-26(28)24-25-32(41)31-20-10-19-30(42(31)47)29-18-11-22-36-38(29)33-16-6-8-21-35(33)48-36/h1-25H. The first-order valence-electron chi connectivity index (χ1n) is 16.4. The quantitative estimate of drug-likeness (QED) is 0.192. The summed E-state index contributed by atoms with van der Waals surface area (Å²) in [7, 11) is 0. The Morgan fingerprint density at radius 3 is 2.10 bits per heavy atom. The second-order valence-corrected chi connectivity index (χ2v) is 13.6. The van der Waals surface area contributed by atoms with Crippen LogP contribution in [0.25, 0.3) is 103 Å². The number of hydrogen-bond donors (Lipinski definition) is 0. The molecule has 4 heterocycles. The van der Waals surface area contributed by atoms with Gasteiger partial charge in [-0.3, -0.25) is 4.57 Å². The van der Waals surface area contributed by atoms with Gasteiger partial charge in [-0.05, 0) is 29.1 Å². The summed E-state index contributed by atoms with van der Waals surface area (Å²) < 4.78 is 11.0. The van der Waals surface area contributed by atoms with Gasteiger partial charge in [-0.25, -0.2) is 9.97 Å². The van der Waals surface area contributed by atoms with Crippen LogP contribution in [-0.2, 0) is 0 Å². The lowest BCUT2D eigenvalue weighted by atomic mass is 9.97. The van der Waals surface area contributed by atoms with Gasteiger partial charge in [-0.15, -0.1) is 11.3 Å². The fourth-order valence-corrected chi connectivity index (χ4v) is 8.87. The zero-order valence-corrected chi connectivity index (χ0v) is 26.9. The molecule has 4 aromatic heterocycles. The fraction of sp³-hybridized carbons (Fsp3) is 0. The van der Waals surface area contributed by atoms with Crippen LogP contribution < -0.4 is 0 Å². The summed E-state index contributed by atoms with van der Waals surface area (Å²) in [6, 6.07) is 53.5. The zero-order valence-electron chi connectivity index (χ0n) is 26.1. The van der Waals surface area contributed by atoms with Gasteiger partial charge >= 0.3 is 0 Å². The van der Waals surface area contributed by atoms with Crippen molar-refractivity contribution in [3.63, 3.8) is 0 Å². The summed E-state index contributed by atoms with van der Waals surface area (Å²) >= 11 is 1.76. The highest BCUT2D eigenvalue weighted by atomic mass is 32.1. The lowest BCUT2D eigenvalue weighted by Gasteiger charge is -2.14. The van der Waals surface area contributed by atoms with Gasteiger partial charge in [-0.1, -0.05) is 133 Å². The molecule has 0 bridgehead atoms. The third kappa shape index (κ3) is 3.79. The van der Waals surface area contributed by atoms with Gasteiger partial charge in [0.05, 0.1) is 26.9 Å². The van der Waals surface area contributed by atoms with E-state index >= 15 is 0 Å². The molecular formula is C44H25N3OS. The second kappa shape index (κ2) is 10.1. The number of rotatable bonds is 3. The van der Waals surface area contributed by atoms with E-state index in [0.717, 1.165) is 81.7 Å². The Morgan fingerprint density at radius 1 is 0.490 bits per heavy atom. The minimum Gasteiger partial charge on any atom is -0.456 e. The smallest absolute Gasteiger partial charge is 0.235 e. The number of para-hydroxylation sites is 2. The second-order valence-electron chi connectivity index (χ2n) is 12.5. The van der Waals surface area contributed by atoms with Crippen molar-refractivity contribution >= 4 is 86.2 Å². The van der Waals surface area contributed by atoms with Crippen molar-refractivity contribution in [2.75, 3.05) is 0 Å². The van der Waals surface area contributed by atoms with Crippen LogP contribution in [-0.4, -0.2) is 14.5 Å². The van der Waals surface area contributed by atoms with E-state index in [-0.39, 0.29) is 0 Å². The molecule has 0 unspecified atom stereocenters. The Bertz CT molecular complexity index is 3110. The van der Waals surface area contributed by atoms with Gasteiger partial charge in [0.1, 0.15) is 11.2 Å². The first-order chi connectivity index (χ1) is 24.3. The maximum Gasteiger partial charge on any atom is 0.235 e. The van der Waals surface area contributed by atoms with E-state index in [4.69, 9.17) is 14.4 Å². The van der Waals surface area contributed by atoms with Gasteiger partial charge in [-0.2, -0.15) is 0 Å². The van der Waals surface area contributed by atoms with Gasteiger partial charge in [0.2, 0.25) is 5.95 Å². The minimum atomic E-state index is 0.655. The largest absolute Gasteiger partial charge is 0.456 e. The molecule has 4 nitrogen and oxygen atoms in total. The molecule has 11 rings (SSSR count). The monoisotopic (exact) mass is 643 g/mol. The number of benzene rings is 7. The topological polar surface area (TPSA) is 43.9 Å². The maximum absolute atomic E-state index is 6.37. The predicted molar refractivity (Wildman–Crippen MR) is 205 cm³/mol. The fourth-order valence-electron chi connectivity index (χ4n) is 7.71. The highest BCUT2D eigenvalue weighted by molar-refractivity contribution is 7.26. The van der Waals surface area contributed by atoms with Crippen molar-refractivity contribution in [3.8, 4) is 28.3 Å². The Hall–Kier alpha value is -6.30. The van der Waals surface area contributed by atoms with Gasteiger partial charge in [0.25, 0.3) is 0 Å². The Morgan fingerprint density at radius 2 is 1.18 bits per heavy atom. The summed E-state index contributed by atoms with van der Waals surface area (Å²) in [6.45, 7) is 0. The van der Waals surface area contributed by atoms with Crippen LogP contribution in [0.2, 0.25) is 0 Å². The van der Waals surface area contributed by atoms with E-state index in [1.807, 2.05) is 12.1 Å². The predicted octanol–water partition coefficient (Wildman–Crippen LogP) is 12.3. The Labute approximate surface area is 284 Å². The molecule has 0 saturated heterocycles. The van der Waals surface area contributed by atoms with Crippen molar-refractivity contribution in [1.29, 1.82) is 0 Å². The number of aromatic nitrogens is 3. The average Bonchev–Trinajstić information content (AvgIpc) is 3.84. The molecule has 0 saturated carbocycles. The minimum absolute atomic E-state index is 0.655.